The Kier molecular flexibility index (Phi) is 9.73. The van der Waals surface area contributed by atoms with Gasteiger partial charge in [-0.2, -0.15) is 0 Å². The minimum absolute atomic E-state index is 0.0957. The van der Waals surface area contributed by atoms with Gasteiger partial charge in [-0.15, -0.1) is 0 Å². The predicted octanol–water partition coefficient (Wildman–Crippen LogP) is 5.24. The van der Waals surface area contributed by atoms with Crippen molar-refractivity contribution < 1.29 is 18.7 Å². The third-order valence-electron chi connectivity index (χ3n) is 6.15. The molecule has 5 nitrogen and oxygen atoms in total. The van der Waals surface area contributed by atoms with E-state index in [9.17, 15) is 14.0 Å². The Morgan fingerprint density at radius 3 is 2.42 bits per heavy atom. The first-order valence-corrected chi connectivity index (χ1v) is 12.1. The number of halogens is 1. The van der Waals surface area contributed by atoms with Crippen molar-refractivity contribution in [3.8, 4) is 5.75 Å². The molecule has 2 aromatic rings. The van der Waals surface area contributed by atoms with Crippen LogP contribution in [0.5, 0.6) is 5.75 Å². The van der Waals surface area contributed by atoms with Crippen LogP contribution in [-0.2, 0) is 16.1 Å². The topological polar surface area (TPSA) is 58.6 Å². The molecule has 6 heteroatoms. The maximum Gasteiger partial charge on any atom is 0.243 e. The fourth-order valence-electron chi connectivity index (χ4n) is 4.32. The van der Waals surface area contributed by atoms with E-state index in [1.54, 1.807) is 17.0 Å². The molecule has 1 saturated carbocycles. The highest BCUT2D eigenvalue weighted by Gasteiger charge is 2.30. The first-order valence-electron chi connectivity index (χ1n) is 12.1. The van der Waals surface area contributed by atoms with Crippen molar-refractivity contribution in [3.05, 3.63) is 66.0 Å². The summed E-state index contributed by atoms with van der Waals surface area (Å²) in [7, 11) is 0. The fourth-order valence-corrected chi connectivity index (χ4v) is 4.32. The minimum Gasteiger partial charge on any atom is -0.494 e. The zero-order chi connectivity index (χ0) is 23.5. The lowest BCUT2D eigenvalue weighted by Crippen LogP contribution is -2.51. The monoisotopic (exact) mass is 454 g/mol. The molecule has 0 heterocycles. The summed E-state index contributed by atoms with van der Waals surface area (Å²) < 4.78 is 19.1. The number of nitrogens with zero attached hydrogens (tertiary/aromatic N) is 1. The van der Waals surface area contributed by atoms with Gasteiger partial charge in [0.2, 0.25) is 11.8 Å². The van der Waals surface area contributed by atoms with Gasteiger partial charge in [0, 0.05) is 19.0 Å². The molecular weight excluding hydrogens is 419 g/mol. The van der Waals surface area contributed by atoms with Gasteiger partial charge < -0.3 is 15.0 Å². The van der Waals surface area contributed by atoms with E-state index in [1.807, 2.05) is 37.3 Å². The lowest BCUT2D eigenvalue weighted by molar-refractivity contribution is -0.142. The summed E-state index contributed by atoms with van der Waals surface area (Å²) in [5.74, 6) is 0.255. The zero-order valence-electron chi connectivity index (χ0n) is 19.5. The second-order valence-corrected chi connectivity index (χ2v) is 8.68. The Balaban J connectivity index is 1.64. The minimum atomic E-state index is -0.556. The number of benzene rings is 2. The predicted molar refractivity (Wildman–Crippen MR) is 127 cm³/mol. The second-order valence-electron chi connectivity index (χ2n) is 8.68. The highest BCUT2D eigenvalue weighted by atomic mass is 19.1. The number of rotatable bonds is 11. The molecule has 0 aliphatic heterocycles. The molecule has 1 N–H and O–H groups in total. The van der Waals surface area contributed by atoms with E-state index >= 15 is 0 Å². The Morgan fingerprint density at radius 1 is 1.06 bits per heavy atom. The third-order valence-corrected chi connectivity index (χ3v) is 6.15. The number of hydrogen-bond donors (Lipinski definition) is 1. The highest BCUT2D eigenvalue weighted by molar-refractivity contribution is 5.87. The molecule has 1 fully saturated rings. The molecule has 0 radical (unpaired) electrons. The van der Waals surface area contributed by atoms with Gasteiger partial charge in [-0.1, -0.05) is 56.5 Å². The molecule has 33 heavy (non-hydrogen) atoms. The van der Waals surface area contributed by atoms with Crippen LogP contribution >= 0.6 is 0 Å². The summed E-state index contributed by atoms with van der Waals surface area (Å²) in [5, 5.41) is 3.17. The standard InChI is InChI=1S/C27H35FN2O3/c1-2-25(27(32)29-23-10-5-3-6-11-23)30(20-21-15-17-22(28)18-16-21)26(31)14-9-19-33-24-12-7-4-8-13-24/h4,7-8,12-13,15-18,23,25H,2-3,5-6,9-11,14,19-20H2,1H3,(H,29,32)/t25-/m1/s1. The Hall–Kier alpha value is -2.89. The molecular formula is C27H35FN2O3. The van der Waals surface area contributed by atoms with Crippen LogP contribution in [0.2, 0.25) is 0 Å². The summed E-state index contributed by atoms with van der Waals surface area (Å²) in [6.45, 7) is 2.62. The van der Waals surface area contributed by atoms with Crippen LogP contribution in [-0.4, -0.2) is 35.4 Å². The number of hydrogen-bond acceptors (Lipinski definition) is 3. The molecule has 2 amide bonds. The van der Waals surface area contributed by atoms with Crippen molar-refractivity contribution in [2.45, 2.75) is 76.9 Å². The van der Waals surface area contributed by atoms with Crippen LogP contribution in [0.3, 0.4) is 0 Å². The van der Waals surface area contributed by atoms with Gasteiger partial charge >= 0.3 is 0 Å². The van der Waals surface area contributed by atoms with Crippen LogP contribution in [0.4, 0.5) is 4.39 Å². The van der Waals surface area contributed by atoms with Crippen LogP contribution in [0.1, 0.15) is 63.9 Å². The first-order chi connectivity index (χ1) is 16.1. The molecule has 0 spiro atoms. The molecule has 3 rings (SSSR count). The summed E-state index contributed by atoms with van der Waals surface area (Å²) in [6.07, 6.45) is 6.80. The van der Waals surface area contributed by atoms with Gasteiger partial charge in [-0.25, -0.2) is 4.39 Å². The van der Waals surface area contributed by atoms with Crippen molar-refractivity contribution in [1.29, 1.82) is 0 Å². The average molecular weight is 455 g/mol. The smallest absolute Gasteiger partial charge is 0.243 e. The van der Waals surface area contributed by atoms with E-state index in [2.05, 4.69) is 5.32 Å². The quantitative estimate of drug-likeness (QED) is 0.472. The summed E-state index contributed by atoms with van der Waals surface area (Å²) in [5.41, 5.74) is 0.800. The van der Waals surface area contributed by atoms with E-state index in [-0.39, 0.29) is 36.6 Å². The molecule has 0 bridgehead atoms. The van der Waals surface area contributed by atoms with Crippen LogP contribution in [0, 0.1) is 5.82 Å². The lowest BCUT2D eigenvalue weighted by Gasteiger charge is -2.33. The molecule has 0 saturated heterocycles. The van der Waals surface area contributed by atoms with Gasteiger partial charge in [0.1, 0.15) is 17.6 Å². The second kappa shape index (κ2) is 13.0. The maximum atomic E-state index is 13.4. The van der Waals surface area contributed by atoms with Crippen LogP contribution in [0.15, 0.2) is 54.6 Å². The van der Waals surface area contributed by atoms with Gasteiger partial charge in [0.25, 0.3) is 0 Å². The average Bonchev–Trinajstić information content (AvgIpc) is 2.84. The maximum absolute atomic E-state index is 13.4. The van der Waals surface area contributed by atoms with E-state index in [1.165, 1.54) is 18.6 Å². The number of para-hydroxylation sites is 1. The van der Waals surface area contributed by atoms with Crippen molar-refractivity contribution >= 4 is 11.8 Å². The summed E-state index contributed by atoms with van der Waals surface area (Å²) in [6, 6.07) is 15.2. The largest absolute Gasteiger partial charge is 0.494 e. The van der Waals surface area contributed by atoms with Crippen LogP contribution < -0.4 is 10.1 Å². The molecule has 178 valence electrons. The van der Waals surface area contributed by atoms with Crippen molar-refractivity contribution in [2.24, 2.45) is 0 Å². The van der Waals surface area contributed by atoms with Gasteiger partial charge in [-0.05, 0) is 55.5 Å². The van der Waals surface area contributed by atoms with E-state index in [0.717, 1.165) is 37.0 Å². The van der Waals surface area contributed by atoms with Crippen molar-refractivity contribution in [3.63, 3.8) is 0 Å². The fraction of sp³-hybridized carbons (Fsp3) is 0.481. The molecule has 1 atom stereocenters. The number of carbonyl (C=O) groups is 2. The third kappa shape index (κ3) is 7.88. The molecule has 2 aromatic carbocycles. The van der Waals surface area contributed by atoms with Gasteiger partial charge in [0.05, 0.1) is 6.61 Å². The Morgan fingerprint density at radius 2 is 1.76 bits per heavy atom. The van der Waals surface area contributed by atoms with E-state index in [4.69, 9.17) is 4.74 Å². The summed E-state index contributed by atoms with van der Waals surface area (Å²) in [4.78, 5) is 28.0. The Bertz CT molecular complexity index is 867. The zero-order valence-corrected chi connectivity index (χ0v) is 19.5. The number of ether oxygens (including phenoxy) is 1. The Labute approximate surface area is 196 Å². The number of nitrogens with one attached hydrogen (secondary N) is 1. The van der Waals surface area contributed by atoms with Gasteiger partial charge in [0.15, 0.2) is 0 Å². The SMILES string of the molecule is CC[C@H](C(=O)NC1CCCCC1)N(Cc1ccc(F)cc1)C(=O)CCCOc1ccccc1. The highest BCUT2D eigenvalue weighted by Crippen LogP contribution is 2.20. The molecule has 1 aliphatic carbocycles. The summed E-state index contributed by atoms with van der Waals surface area (Å²) >= 11 is 0. The number of amides is 2. The normalized spacial score (nSPS) is 15.0. The lowest BCUT2D eigenvalue weighted by atomic mass is 9.95. The van der Waals surface area contributed by atoms with Crippen molar-refractivity contribution in [2.75, 3.05) is 6.61 Å². The van der Waals surface area contributed by atoms with Crippen LogP contribution in [0.25, 0.3) is 0 Å². The molecule has 1 aliphatic rings. The van der Waals surface area contributed by atoms with E-state index in [0.29, 0.717) is 19.4 Å². The number of carbonyl (C=O) groups excluding carboxylic acids is 2. The van der Waals surface area contributed by atoms with Gasteiger partial charge in [-0.3, -0.25) is 9.59 Å². The first kappa shape index (κ1) is 24.7. The molecule has 0 unspecified atom stereocenters. The van der Waals surface area contributed by atoms with Crippen molar-refractivity contribution in [1.82, 2.24) is 10.2 Å². The molecule has 0 aromatic heterocycles. The van der Waals surface area contributed by atoms with E-state index < -0.39 is 6.04 Å².